The van der Waals surface area contributed by atoms with Gasteiger partial charge in [-0.1, -0.05) is 36.4 Å². The lowest BCUT2D eigenvalue weighted by atomic mass is 10.1. The number of hydrogen-bond donors (Lipinski definition) is 2. The van der Waals surface area contributed by atoms with Crippen LogP contribution in [0, 0.1) is 17.1 Å². The van der Waals surface area contributed by atoms with Gasteiger partial charge >= 0.3 is 5.97 Å². The summed E-state index contributed by atoms with van der Waals surface area (Å²) in [5.41, 5.74) is 4.19. The summed E-state index contributed by atoms with van der Waals surface area (Å²) >= 11 is 1.29. The molecule has 0 saturated heterocycles. The highest BCUT2D eigenvalue weighted by Gasteiger charge is 2.23. The Morgan fingerprint density at radius 2 is 1.92 bits per heavy atom. The molecular weight excluding hydrogens is 635 g/mol. The van der Waals surface area contributed by atoms with Gasteiger partial charge in [0, 0.05) is 42.3 Å². The van der Waals surface area contributed by atoms with E-state index in [-0.39, 0.29) is 30.2 Å². The second-order valence-electron chi connectivity index (χ2n) is 10.6. The molecule has 0 radical (unpaired) electrons. The number of carboxylic acid groups (broad SMARTS) is 1. The zero-order valence-corrected chi connectivity index (χ0v) is 26.3. The van der Waals surface area contributed by atoms with Crippen LogP contribution >= 0.6 is 11.3 Å². The highest BCUT2D eigenvalue weighted by Crippen LogP contribution is 2.25. The van der Waals surface area contributed by atoms with E-state index in [0.29, 0.717) is 45.5 Å². The molecule has 0 aliphatic carbocycles. The summed E-state index contributed by atoms with van der Waals surface area (Å²) in [5.74, 6) is -1.04. The largest absolute Gasteiger partial charge is 0.478 e. The number of thiazole rings is 1. The van der Waals surface area contributed by atoms with E-state index in [2.05, 4.69) is 15.3 Å². The Hall–Kier alpha value is -5.97. The van der Waals surface area contributed by atoms with Crippen molar-refractivity contribution in [3.05, 3.63) is 124 Å². The van der Waals surface area contributed by atoms with Crippen LogP contribution in [-0.2, 0) is 29.1 Å². The summed E-state index contributed by atoms with van der Waals surface area (Å²) in [4.78, 5) is 38.3. The van der Waals surface area contributed by atoms with Crippen molar-refractivity contribution in [2.24, 2.45) is 0 Å². The molecule has 0 unspecified atom stereocenters. The van der Waals surface area contributed by atoms with Crippen LogP contribution in [0.2, 0.25) is 0 Å². The number of imidazole rings is 1. The maximum atomic E-state index is 14.3. The lowest BCUT2D eigenvalue weighted by Crippen LogP contribution is -2.34. The standard InChI is InChI=1S/C35H27FN6O5S/c1-46-30(33(43)41-35-38-13-14-48-35)19-42-29-17-24(34(44)45)11-12-28(29)39-31(42)16-21-5-8-23(9-6-21)27-3-2-4-32(40-27)47-20-25-10-7-22(18-37)15-26(25)36/h2-15,17,30H,16,19-20H2,1H3,(H,44,45)(H,38,41,43)/t30-/m0/s1. The third-order valence-electron chi connectivity index (χ3n) is 7.56. The number of aromatic carboxylic acids is 1. The van der Waals surface area contributed by atoms with E-state index in [4.69, 9.17) is 19.7 Å². The van der Waals surface area contributed by atoms with Crippen LogP contribution in [0.3, 0.4) is 0 Å². The van der Waals surface area contributed by atoms with Crippen molar-refractivity contribution in [3.63, 3.8) is 0 Å². The van der Waals surface area contributed by atoms with Gasteiger partial charge in [0.1, 0.15) is 18.2 Å². The van der Waals surface area contributed by atoms with Crippen molar-refractivity contribution < 1.29 is 28.6 Å². The van der Waals surface area contributed by atoms with E-state index in [1.807, 2.05) is 41.0 Å². The minimum Gasteiger partial charge on any atom is -0.478 e. The third-order valence-corrected chi connectivity index (χ3v) is 8.24. The van der Waals surface area contributed by atoms with Crippen molar-refractivity contribution >= 4 is 39.4 Å². The number of ether oxygens (including phenoxy) is 2. The minimum absolute atomic E-state index is 0.0433. The number of carbonyl (C=O) groups excluding carboxylic acids is 1. The maximum absolute atomic E-state index is 14.3. The number of aromatic nitrogens is 4. The van der Waals surface area contributed by atoms with E-state index >= 15 is 0 Å². The summed E-state index contributed by atoms with van der Waals surface area (Å²) < 4.78 is 27.4. The van der Waals surface area contributed by atoms with Gasteiger partial charge in [0.15, 0.2) is 11.2 Å². The van der Waals surface area contributed by atoms with Crippen LogP contribution in [0.4, 0.5) is 9.52 Å². The second-order valence-corrected chi connectivity index (χ2v) is 11.5. The van der Waals surface area contributed by atoms with Gasteiger partial charge in [-0.2, -0.15) is 5.26 Å². The number of hydrogen-bond acceptors (Lipinski definition) is 9. The molecule has 11 nitrogen and oxygen atoms in total. The molecule has 3 aromatic carbocycles. The van der Waals surface area contributed by atoms with Gasteiger partial charge in [-0.25, -0.2) is 24.1 Å². The number of carboxylic acids is 1. The first-order valence-electron chi connectivity index (χ1n) is 14.6. The number of benzene rings is 3. The van der Waals surface area contributed by atoms with Crippen molar-refractivity contribution in [2.75, 3.05) is 12.4 Å². The molecular formula is C35H27FN6O5S. The number of methoxy groups -OCH3 is 1. The van der Waals surface area contributed by atoms with Crippen LogP contribution in [0.1, 0.15) is 32.9 Å². The molecule has 0 saturated carbocycles. The van der Waals surface area contributed by atoms with Crippen molar-refractivity contribution in [1.82, 2.24) is 19.5 Å². The number of pyridine rings is 1. The molecule has 0 bridgehead atoms. The zero-order chi connectivity index (χ0) is 33.6. The number of fused-ring (bicyclic) bond motifs is 1. The predicted molar refractivity (Wildman–Crippen MR) is 176 cm³/mol. The molecule has 3 aromatic heterocycles. The van der Waals surface area contributed by atoms with Gasteiger partial charge in [-0.15, -0.1) is 11.3 Å². The number of nitrogens with zero attached hydrogens (tertiary/aromatic N) is 5. The average molecular weight is 663 g/mol. The normalized spacial score (nSPS) is 11.6. The van der Waals surface area contributed by atoms with E-state index < -0.39 is 17.9 Å². The molecule has 6 rings (SSSR count). The molecule has 6 aromatic rings. The van der Waals surface area contributed by atoms with Gasteiger partial charge in [-0.05, 0) is 42.0 Å². The number of anilines is 1. The number of halogens is 1. The van der Waals surface area contributed by atoms with Gasteiger partial charge in [0.05, 0.1) is 40.5 Å². The van der Waals surface area contributed by atoms with Crippen LogP contribution < -0.4 is 10.1 Å². The average Bonchev–Trinajstić information content (AvgIpc) is 3.73. The Bertz CT molecular complexity index is 2140. The topological polar surface area (TPSA) is 152 Å². The molecule has 0 aliphatic heterocycles. The maximum Gasteiger partial charge on any atom is 0.335 e. The van der Waals surface area contributed by atoms with Crippen LogP contribution in [0.15, 0.2) is 90.4 Å². The van der Waals surface area contributed by atoms with Crippen LogP contribution in [0.5, 0.6) is 5.88 Å². The number of nitrogens with one attached hydrogen (secondary N) is 1. The number of nitriles is 1. The fraction of sp³-hybridized carbons (Fsp3) is 0.143. The molecule has 0 spiro atoms. The molecule has 2 N–H and O–H groups in total. The van der Waals surface area contributed by atoms with Crippen molar-refractivity contribution in [3.8, 4) is 23.2 Å². The Morgan fingerprint density at radius 3 is 2.62 bits per heavy atom. The second kappa shape index (κ2) is 14.2. The predicted octanol–water partition coefficient (Wildman–Crippen LogP) is 6.09. The summed E-state index contributed by atoms with van der Waals surface area (Å²) in [5, 5.41) is 23.5. The van der Waals surface area contributed by atoms with E-state index in [9.17, 15) is 19.1 Å². The lowest BCUT2D eigenvalue weighted by molar-refractivity contribution is -0.126. The zero-order valence-electron chi connectivity index (χ0n) is 25.5. The molecule has 0 fully saturated rings. The molecule has 1 atom stereocenters. The number of amides is 1. The van der Waals surface area contributed by atoms with Gasteiger partial charge < -0.3 is 19.1 Å². The molecule has 1 amide bonds. The first-order chi connectivity index (χ1) is 23.3. The van der Waals surface area contributed by atoms with Gasteiger partial charge in [0.2, 0.25) is 5.88 Å². The summed E-state index contributed by atoms with van der Waals surface area (Å²) in [7, 11) is 1.44. The SMILES string of the molecule is CO[C@@H](Cn1c(Cc2ccc(-c3cccc(OCc4ccc(C#N)cc4F)n3)cc2)nc2ccc(C(=O)O)cc21)C(=O)Nc1nccs1. The monoisotopic (exact) mass is 662 g/mol. The summed E-state index contributed by atoms with van der Waals surface area (Å²) in [6.45, 7) is 0.0438. The highest BCUT2D eigenvalue weighted by molar-refractivity contribution is 7.13. The molecule has 240 valence electrons. The van der Waals surface area contributed by atoms with Crippen LogP contribution in [-0.4, -0.2) is 49.7 Å². The molecule has 3 heterocycles. The Balaban J connectivity index is 1.22. The third kappa shape index (κ3) is 7.20. The minimum atomic E-state index is -1.07. The van der Waals surface area contributed by atoms with E-state index in [1.165, 1.54) is 42.7 Å². The van der Waals surface area contributed by atoms with E-state index in [0.717, 1.165) is 11.1 Å². The van der Waals surface area contributed by atoms with Crippen LogP contribution in [0.25, 0.3) is 22.3 Å². The Kier molecular flexibility index (Phi) is 9.47. The number of carbonyl (C=O) groups is 2. The first-order valence-corrected chi connectivity index (χ1v) is 15.5. The molecule has 0 aliphatic rings. The van der Waals surface area contributed by atoms with Crippen molar-refractivity contribution in [1.29, 1.82) is 5.26 Å². The highest BCUT2D eigenvalue weighted by atomic mass is 32.1. The quantitative estimate of drug-likeness (QED) is 0.159. The van der Waals surface area contributed by atoms with Crippen molar-refractivity contribution in [2.45, 2.75) is 25.7 Å². The van der Waals surface area contributed by atoms with Gasteiger partial charge in [0.25, 0.3) is 5.91 Å². The van der Waals surface area contributed by atoms with E-state index in [1.54, 1.807) is 35.8 Å². The molecule has 13 heteroatoms. The summed E-state index contributed by atoms with van der Waals surface area (Å²) in [6.07, 6.45) is 1.06. The van der Waals surface area contributed by atoms with Gasteiger partial charge in [-0.3, -0.25) is 10.1 Å². The Labute approximate surface area is 277 Å². The summed E-state index contributed by atoms with van der Waals surface area (Å²) in [6, 6.07) is 23.8. The molecule has 48 heavy (non-hydrogen) atoms. The number of rotatable bonds is 12. The Morgan fingerprint density at radius 1 is 1.08 bits per heavy atom. The smallest absolute Gasteiger partial charge is 0.335 e. The fourth-order valence-electron chi connectivity index (χ4n) is 5.06. The fourth-order valence-corrected chi connectivity index (χ4v) is 5.60. The first kappa shape index (κ1) is 32.0. The lowest BCUT2D eigenvalue weighted by Gasteiger charge is -2.17.